The second-order valence-electron chi connectivity index (χ2n) is 3.37. The van der Waals surface area contributed by atoms with Crippen LogP contribution in [0.4, 0.5) is 0 Å². The van der Waals surface area contributed by atoms with E-state index in [1.165, 1.54) is 31.4 Å². The predicted molar refractivity (Wildman–Crippen MR) is 53.2 cm³/mol. The van der Waals surface area contributed by atoms with E-state index in [1.807, 2.05) is 11.8 Å². The highest BCUT2D eigenvalue weighted by atomic mass is 32.2. The molecule has 0 bridgehead atoms. The van der Waals surface area contributed by atoms with Gasteiger partial charge in [0.1, 0.15) is 0 Å². The third-order valence-electron chi connectivity index (χ3n) is 2.72. The molecule has 0 heterocycles. The lowest BCUT2D eigenvalue weighted by Gasteiger charge is -2.17. The lowest BCUT2D eigenvalue weighted by Crippen LogP contribution is -2.29. The van der Waals surface area contributed by atoms with E-state index < -0.39 is 0 Å². The van der Waals surface area contributed by atoms with Crippen molar-refractivity contribution in [1.82, 2.24) is 5.32 Å². The summed E-state index contributed by atoms with van der Waals surface area (Å²) in [5, 5.41) is 3.41. The monoisotopic (exact) mass is 173 g/mol. The van der Waals surface area contributed by atoms with Gasteiger partial charge in [-0.2, -0.15) is 11.8 Å². The summed E-state index contributed by atoms with van der Waals surface area (Å²) in [6.07, 6.45) is 7.89. The van der Waals surface area contributed by atoms with E-state index in [1.54, 1.807) is 0 Å². The Bertz CT molecular complexity index is 106. The molecular weight excluding hydrogens is 154 g/mol. The molecule has 1 rings (SSSR count). The second-order valence-corrected chi connectivity index (χ2v) is 4.35. The Labute approximate surface area is 74.3 Å². The second kappa shape index (κ2) is 5.04. The van der Waals surface area contributed by atoms with Crippen molar-refractivity contribution in [2.45, 2.75) is 31.7 Å². The number of hydrogen-bond acceptors (Lipinski definition) is 2. The minimum absolute atomic E-state index is 0.821. The highest BCUT2D eigenvalue weighted by molar-refractivity contribution is 7.98. The van der Waals surface area contributed by atoms with Crippen LogP contribution >= 0.6 is 11.8 Å². The molecule has 11 heavy (non-hydrogen) atoms. The molecule has 0 spiro atoms. The molecule has 66 valence electrons. The first-order chi connectivity index (χ1) is 5.38. The maximum Gasteiger partial charge on any atom is 0.00926 e. The van der Waals surface area contributed by atoms with Crippen LogP contribution in [-0.2, 0) is 0 Å². The van der Waals surface area contributed by atoms with Gasteiger partial charge in [0.05, 0.1) is 0 Å². The Morgan fingerprint density at radius 1 is 1.45 bits per heavy atom. The summed E-state index contributed by atoms with van der Waals surface area (Å²) in [6, 6.07) is 0.821. The molecule has 0 aromatic heterocycles. The molecule has 1 aliphatic carbocycles. The number of hydrogen-bond donors (Lipinski definition) is 1. The summed E-state index contributed by atoms with van der Waals surface area (Å²) in [4.78, 5) is 0. The number of thioether (sulfide) groups is 1. The molecule has 2 unspecified atom stereocenters. The third kappa shape index (κ3) is 2.68. The smallest absolute Gasteiger partial charge is 0.00926 e. The van der Waals surface area contributed by atoms with E-state index in [0.29, 0.717) is 0 Å². The van der Waals surface area contributed by atoms with Crippen LogP contribution in [0.15, 0.2) is 0 Å². The van der Waals surface area contributed by atoms with Crippen LogP contribution in [0, 0.1) is 5.92 Å². The molecular formula is C9H19NS. The Kier molecular flexibility index (Phi) is 4.31. The molecule has 0 aromatic rings. The van der Waals surface area contributed by atoms with Crippen LogP contribution in [0.5, 0.6) is 0 Å². The molecule has 0 amide bonds. The summed E-state index contributed by atoms with van der Waals surface area (Å²) in [5.74, 6) is 2.30. The zero-order valence-electron chi connectivity index (χ0n) is 7.60. The normalized spacial score (nSPS) is 31.1. The van der Waals surface area contributed by atoms with Crippen molar-refractivity contribution in [2.24, 2.45) is 5.92 Å². The zero-order valence-corrected chi connectivity index (χ0v) is 8.41. The highest BCUT2D eigenvalue weighted by Crippen LogP contribution is 2.28. The predicted octanol–water partition coefficient (Wildman–Crippen LogP) is 2.13. The topological polar surface area (TPSA) is 12.0 Å². The van der Waals surface area contributed by atoms with Gasteiger partial charge in [0, 0.05) is 6.04 Å². The van der Waals surface area contributed by atoms with Gasteiger partial charge in [0.15, 0.2) is 0 Å². The average molecular weight is 173 g/mol. The van der Waals surface area contributed by atoms with Gasteiger partial charge in [-0.25, -0.2) is 0 Å². The fourth-order valence-corrected chi connectivity index (χ4v) is 2.57. The molecule has 0 aromatic carbocycles. The highest BCUT2D eigenvalue weighted by Gasteiger charge is 2.24. The molecule has 1 N–H and O–H groups in total. The molecule has 0 saturated heterocycles. The van der Waals surface area contributed by atoms with Crippen molar-refractivity contribution >= 4 is 11.8 Å². The Balaban J connectivity index is 2.20. The third-order valence-corrected chi connectivity index (χ3v) is 3.37. The van der Waals surface area contributed by atoms with Gasteiger partial charge in [-0.05, 0) is 44.2 Å². The first-order valence-corrected chi connectivity index (χ1v) is 5.94. The van der Waals surface area contributed by atoms with Crippen LogP contribution in [0.3, 0.4) is 0 Å². The lowest BCUT2D eigenvalue weighted by molar-refractivity contribution is 0.417. The minimum Gasteiger partial charge on any atom is -0.317 e. The van der Waals surface area contributed by atoms with Crippen molar-refractivity contribution in [3.05, 3.63) is 0 Å². The average Bonchev–Trinajstić information content (AvgIpc) is 2.47. The Morgan fingerprint density at radius 3 is 2.91 bits per heavy atom. The van der Waals surface area contributed by atoms with Crippen molar-refractivity contribution in [1.29, 1.82) is 0 Å². The van der Waals surface area contributed by atoms with Crippen molar-refractivity contribution in [3.8, 4) is 0 Å². The summed E-state index contributed by atoms with van der Waals surface area (Å²) in [5.41, 5.74) is 0. The van der Waals surface area contributed by atoms with Crippen LogP contribution in [0.25, 0.3) is 0 Å². The molecule has 1 saturated carbocycles. The van der Waals surface area contributed by atoms with Crippen LogP contribution in [0.2, 0.25) is 0 Å². The summed E-state index contributed by atoms with van der Waals surface area (Å²) in [7, 11) is 2.10. The van der Waals surface area contributed by atoms with Crippen LogP contribution in [-0.4, -0.2) is 25.1 Å². The van der Waals surface area contributed by atoms with Crippen LogP contribution < -0.4 is 5.32 Å². The van der Waals surface area contributed by atoms with Crippen molar-refractivity contribution in [2.75, 3.05) is 19.1 Å². The largest absolute Gasteiger partial charge is 0.317 e. The molecule has 2 atom stereocenters. The van der Waals surface area contributed by atoms with Crippen LogP contribution in [0.1, 0.15) is 25.7 Å². The Hall–Kier alpha value is 0.310. The van der Waals surface area contributed by atoms with Gasteiger partial charge in [-0.3, -0.25) is 0 Å². The first-order valence-electron chi connectivity index (χ1n) is 4.54. The minimum atomic E-state index is 0.821. The first kappa shape index (κ1) is 9.40. The van der Waals surface area contributed by atoms with E-state index in [-0.39, 0.29) is 0 Å². The number of nitrogens with one attached hydrogen (secondary N) is 1. The van der Waals surface area contributed by atoms with E-state index >= 15 is 0 Å². The quantitative estimate of drug-likeness (QED) is 0.699. The van der Waals surface area contributed by atoms with Crippen molar-refractivity contribution < 1.29 is 0 Å². The van der Waals surface area contributed by atoms with Gasteiger partial charge < -0.3 is 5.32 Å². The van der Waals surface area contributed by atoms with Gasteiger partial charge in [-0.15, -0.1) is 0 Å². The SMILES string of the molecule is CNC1CCCC1CCSC. The van der Waals surface area contributed by atoms with E-state index in [4.69, 9.17) is 0 Å². The summed E-state index contributed by atoms with van der Waals surface area (Å²) >= 11 is 1.97. The van der Waals surface area contributed by atoms with E-state index in [0.717, 1.165) is 12.0 Å². The lowest BCUT2D eigenvalue weighted by atomic mass is 10.0. The van der Waals surface area contributed by atoms with Gasteiger partial charge >= 0.3 is 0 Å². The number of rotatable bonds is 4. The molecule has 1 fully saturated rings. The maximum atomic E-state index is 3.41. The van der Waals surface area contributed by atoms with E-state index in [9.17, 15) is 0 Å². The van der Waals surface area contributed by atoms with Gasteiger partial charge in [0.2, 0.25) is 0 Å². The van der Waals surface area contributed by atoms with E-state index in [2.05, 4.69) is 18.6 Å². The fourth-order valence-electron chi connectivity index (χ4n) is 2.03. The Morgan fingerprint density at radius 2 is 2.27 bits per heavy atom. The maximum absolute atomic E-state index is 3.41. The molecule has 1 nitrogen and oxygen atoms in total. The van der Waals surface area contributed by atoms with Gasteiger partial charge in [-0.1, -0.05) is 6.42 Å². The molecule has 1 aliphatic rings. The summed E-state index contributed by atoms with van der Waals surface area (Å²) < 4.78 is 0. The molecule has 0 aliphatic heterocycles. The molecule has 2 heteroatoms. The summed E-state index contributed by atoms with van der Waals surface area (Å²) in [6.45, 7) is 0. The van der Waals surface area contributed by atoms with Gasteiger partial charge in [0.25, 0.3) is 0 Å². The molecule has 0 radical (unpaired) electrons. The standard InChI is InChI=1S/C9H19NS/c1-10-9-5-3-4-8(9)6-7-11-2/h8-10H,3-7H2,1-2H3. The zero-order chi connectivity index (χ0) is 8.10. The fraction of sp³-hybridized carbons (Fsp3) is 1.00. The van der Waals surface area contributed by atoms with Crippen molar-refractivity contribution in [3.63, 3.8) is 0 Å².